The summed E-state index contributed by atoms with van der Waals surface area (Å²) in [7, 11) is 0. The summed E-state index contributed by atoms with van der Waals surface area (Å²) in [5, 5.41) is 5.85. The van der Waals surface area contributed by atoms with Crippen molar-refractivity contribution < 1.29 is 9.59 Å². The van der Waals surface area contributed by atoms with E-state index >= 15 is 0 Å². The minimum atomic E-state index is -0.0504. The zero-order valence-corrected chi connectivity index (χ0v) is 15.3. The molecule has 5 nitrogen and oxygen atoms in total. The van der Waals surface area contributed by atoms with Crippen LogP contribution in [-0.2, 0) is 11.3 Å². The summed E-state index contributed by atoms with van der Waals surface area (Å²) in [4.78, 5) is 26.4. The molecule has 0 saturated carbocycles. The molecule has 1 aromatic carbocycles. The van der Waals surface area contributed by atoms with Gasteiger partial charge in [-0.2, -0.15) is 0 Å². The van der Waals surface area contributed by atoms with Crippen LogP contribution in [0.4, 0.5) is 0 Å². The van der Waals surface area contributed by atoms with Gasteiger partial charge in [0.1, 0.15) is 0 Å². The topological polar surface area (TPSA) is 61.4 Å². The van der Waals surface area contributed by atoms with E-state index in [-0.39, 0.29) is 11.8 Å². The predicted molar refractivity (Wildman–Crippen MR) is 100 cm³/mol. The van der Waals surface area contributed by atoms with Gasteiger partial charge in [-0.05, 0) is 57.0 Å². The SMILES string of the molecule is CC/C=C(/C)C(=O)NCc1ccc(C(=O)NCCN2CCCC2)cc1. The van der Waals surface area contributed by atoms with Crippen LogP contribution in [0.3, 0.4) is 0 Å². The van der Waals surface area contributed by atoms with E-state index in [9.17, 15) is 9.59 Å². The Bertz CT molecular complexity index is 602. The molecule has 0 radical (unpaired) electrons. The zero-order chi connectivity index (χ0) is 18.1. The van der Waals surface area contributed by atoms with E-state index in [1.807, 2.05) is 32.1 Å². The van der Waals surface area contributed by atoms with Crippen molar-refractivity contribution in [2.75, 3.05) is 26.2 Å². The van der Waals surface area contributed by atoms with Gasteiger partial charge in [-0.1, -0.05) is 25.1 Å². The minimum absolute atomic E-state index is 0.0449. The largest absolute Gasteiger partial charge is 0.351 e. The molecular weight excluding hydrogens is 314 g/mol. The molecule has 2 amide bonds. The summed E-state index contributed by atoms with van der Waals surface area (Å²) in [6.07, 6.45) is 5.28. The van der Waals surface area contributed by atoms with Gasteiger partial charge in [-0.15, -0.1) is 0 Å². The molecule has 2 N–H and O–H groups in total. The van der Waals surface area contributed by atoms with Crippen molar-refractivity contribution in [2.45, 2.75) is 39.7 Å². The third-order valence-electron chi connectivity index (χ3n) is 4.45. The normalized spacial score (nSPS) is 15.2. The van der Waals surface area contributed by atoms with E-state index in [4.69, 9.17) is 0 Å². The standard InChI is InChI=1S/C20H29N3O2/c1-3-6-16(2)19(24)22-15-17-7-9-18(10-8-17)20(25)21-11-14-23-12-4-5-13-23/h6-10H,3-5,11-15H2,1-2H3,(H,21,25)(H,22,24)/b16-6-. The van der Waals surface area contributed by atoms with Gasteiger partial charge in [0.15, 0.2) is 0 Å². The second kappa shape index (κ2) is 9.99. The highest BCUT2D eigenvalue weighted by molar-refractivity contribution is 5.94. The van der Waals surface area contributed by atoms with E-state index in [2.05, 4.69) is 15.5 Å². The summed E-state index contributed by atoms with van der Waals surface area (Å²) in [6.45, 7) is 8.16. The first-order valence-electron chi connectivity index (χ1n) is 9.14. The molecule has 0 aromatic heterocycles. The number of allylic oxidation sites excluding steroid dienone is 1. The van der Waals surface area contributed by atoms with Gasteiger partial charge in [-0.3, -0.25) is 9.59 Å². The molecule has 1 saturated heterocycles. The molecule has 1 aliphatic heterocycles. The number of benzene rings is 1. The second-order valence-corrected chi connectivity index (χ2v) is 6.48. The van der Waals surface area contributed by atoms with Gasteiger partial charge in [0, 0.05) is 30.8 Å². The summed E-state index contributed by atoms with van der Waals surface area (Å²) in [5.41, 5.74) is 2.36. The Morgan fingerprint density at radius 2 is 1.80 bits per heavy atom. The Balaban J connectivity index is 1.75. The fourth-order valence-electron chi connectivity index (χ4n) is 2.93. The molecular formula is C20H29N3O2. The average Bonchev–Trinajstić information content (AvgIpc) is 3.13. The van der Waals surface area contributed by atoms with Gasteiger partial charge < -0.3 is 15.5 Å². The van der Waals surface area contributed by atoms with E-state index < -0.39 is 0 Å². The number of carbonyl (C=O) groups excluding carboxylic acids is 2. The molecule has 0 unspecified atom stereocenters. The molecule has 1 aliphatic rings. The molecule has 136 valence electrons. The van der Waals surface area contributed by atoms with Crippen LogP contribution in [0.5, 0.6) is 0 Å². The Hall–Kier alpha value is -2.14. The lowest BCUT2D eigenvalue weighted by Crippen LogP contribution is -2.33. The van der Waals surface area contributed by atoms with Crippen LogP contribution in [0.2, 0.25) is 0 Å². The maximum absolute atomic E-state index is 12.2. The summed E-state index contributed by atoms with van der Waals surface area (Å²) < 4.78 is 0. The predicted octanol–water partition coefficient (Wildman–Crippen LogP) is 2.48. The van der Waals surface area contributed by atoms with Crippen molar-refractivity contribution >= 4 is 11.8 Å². The molecule has 0 atom stereocenters. The quantitative estimate of drug-likeness (QED) is 0.713. The highest BCUT2D eigenvalue weighted by Gasteiger charge is 2.11. The highest BCUT2D eigenvalue weighted by Crippen LogP contribution is 2.07. The number of carbonyl (C=O) groups is 2. The third-order valence-corrected chi connectivity index (χ3v) is 4.45. The van der Waals surface area contributed by atoms with Crippen molar-refractivity contribution in [1.82, 2.24) is 15.5 Å². The first-order chi connectivity index (χ1) is 12.1. The number of nitrogens with one attached hydrogen (secondary N) is 2. The monoisotopic (exact) mass is 343 g/mol. The summed E-state index contributed by atoms with van der Waals surface area (Å²) >= 11 is 0. The number of amides is 2. The summed E-state index contributed by atoms with van der Waals surface area (Å²) in [5.74, 6) is -0.0953. The van der Waals surface area contributed by atoms with Gasteiger partial charge in [-0.25, -0.2) is 0 Å². The molecule has 2 rings (SSSR count). The van der Waals surface area contributed by atoms with Crippen molar-refractivity contribution in [3.8, 4) is 0 Å². The Morgan fingerprint density at radius 3 is 2.44 bits per heavy atom. The first-order valence-corrected chi connectivity index (χ1v) is 9.14. The van der Waals surface area contributed by atoms with Crippen molar-refractivity contribution in [3.63, 3.8) is 0 Å². The lowest BCUT2D eigenvalue weighted by atomic mass is 10.1. The molecule has 5 heteroatoms. The van der Waals surface area contributed by atoms with Crippen LogP contribution in [0.15, 0.2) is 35.9 Å². The summed E-state index contributed by atoms with van der Waals surface area (Å²) in [6, 6.07) is 7.38. The van der Waals surface area contributed by atoms with Gasteiger partial charge in [0.2, 0.25) is 5.91 Å². The Labute approximate surface area is 150 Å². The minimum Gasteiger partial charge on any atom is -0.351 e. The number of likely N-dealkylation sites (tertiary alicyclic amines) is 1. The number of rotatable bonds is 8. The lowest BCUT2D eigenvalue weighted by molar-refractivity contribution is -0.117. The fraction of sp³-hybridized carbons (Fsp3) is 0.500. The molecule has 0 spiro atoms. The van der Waals surface area contributed by atoms with Gasteiger partial charge in [0.05, 0.1) is 0 Å². The second-order valence-electron chi connectivity index (χ2n) is 6.48. The molecule has 1 fully saturated rings. The first kappa shape index (κ1) is 19.2. The lowest BCUT2D eigenvalue weighted by Gasteiger charge is -2.14. The number of nitrogens with zero attached hydrogens (tertiary/aromatic N) is 1. The molecule has 0 bridgehead atoms. The van der Waals surface area contributed by atoms with Crippen LogP contribution >= 0.6 is 0 Å². The number of hydrogen-bond donors (Lipinski definition) is 2. The maximum atomic E-state index is 12.2. The molecule has 25 heavy (non-hydrogen) atoms. The van der Waals surface area contributed by atoms with E-state index in [1.165, 1.54) is 12.8 Å². The average molecular weight is 343 g/mol. The van der Waals surface area contributed by atoms with Crippen LogP contribution < -0.4 is 10.6 Å². The molecule has 1 heterocycles. The maximum Gasteiger partial charge on any atom is 0.251 e. The van der Waals surface area contributed by atoms with Gasteiger partial charge >= 0.3 is 0 Å². The van der Waals surface area contributed by atoms with Crippen LogP contribution in [0.25, 0.3) is 0 Å². The Morgan fingerprint density at radius 1 is 1.12 bits per heavy atom. The van der Waals surface area contributed by atoms with E-state index in [1.54, 1.807) is 12.1 Å². The third kappa shape index (κ3) is 6.35. The van der Waals surface area contributed by atoms with Crippen LogP contribution in [0, 0.1) is 0 Å². The van der Waals surface area contributed by atoms with Crippen molar-refractivity contribution in [3.05, 3.63) is 47.0 Å². The van der Waals surface area contributed by atoms with E-state index in [0.717, 1.165) is 37.2 Å². The smallest absolute Gasteiger partial charge is 0.251 e. The van der Waals surface area contributed by atoms with Crippen molar-refractivity contribution in [1.29, 1.82) is 0 Å². The van der Waals surface area contributed by atoms with Crippen LogP contribution in [0.1, 0.15) is 49.0 Å². The number of hydrogen-bond acceptors (Lipinski definition) is 3. The van der Waals surface area contributed by atoms with E-state index in [0.29, 0.717) is 18.7 Å². The molecule has 1 aromatic rings. The molecule has 0 aliphatic carbocycles. The highest BCUT2D eigenvalue weighted by atomic mass is 16.2. The van der Waals surface area contributed by atoms with Crippen molar-refractivity contribution in [2.24, 2.45) is 0 Å². The fourth-order valence-corrected chi connectivity index (χ4v) is 2.93. The zero-order valence-electron chi connectivity index (χ0n) is 15.3. The Kier molecular flexibility index (Phi) is 7.67. The van der Waals surface area contributed by atoms with Crippen LogP contribution in [-0.4, -0.2) is 42.9 Å². The van der Waals surface area contributed by atoms with Gasteiger partial charge in [0.25, 0.3) is 5.91 Å².